The Balaban J connectivity index is 2.59. The van der Waals surface area contributed by atoms with Crippen molar-refractivity contribution in [2.75, 3.05) is 6.61 Å². The summed E-state index contributed by atoms with van der Waals surface area (Å²) >= 11 is 0. The van der Waals surface area contributed by atoms with Crippen LogP contribution in [0.2, 0.25) is 0 Å². The Labute approximate surface area is 68.3 Å². The van der Waals surface area contributed by atoms with Gasteiger partial charge in [-0.15, -0.1) is 0 Å². The molecule has 0 saturated carbocycles. The molecule has 2 atom stereocenters. The number of alkyl halides is 1. The maximum absolute atomic E-state index is 12.9. The van der Waals surface area contributed by atoms with Crippen LogP contribution in [0.5, 0.6) is 0 Å². The Hall–Kier alpha value is -1.17. The summed E-state index contributed by atoms with van der Waals surface area (Å²) in [6.07, 6.45) is -2.99. The minimum atomic E-state index is -1.83. The molecule has 0 aromatic rings. The third-order valence-electron chi connectivity index (χ3n) is 1.37. The lowest BCUT2D eigenvalue weighted by Crippen LogP contribution is -2.60. The van der Waals surface area contributed by atoms with Crippen molar-refractivity contribution < 1.29 is 18.7 Å². The molecule has 3 amide bonds. The van der Waals surface area contributed by atoms with Gasteiger partial charge in [-0.25, -0.2) is 9.18 Å². The molecule has 12 heavy (non-hydrogen) atoms. The SMILES string of the molecule is CCO[C@H]1NC(=O)NC(=O)[C@H]1F. The van der Waals surface area contributed by atoms with E-state index in [0.717, 1.165) is 0 Å². The highest BCUT2D eigenvalue weighted by molar-refractivity contribution is 5.99. The average Bonchev–Trinajstić information content (AvgIpc) is 2.00. The molecule has 1 fully saturated rings. The summed E-state index contributed by atoms with van der Waals surface area (Å²) in [5.41, 5.74) is 0. The molecule has 0 aromatic carbocycles. The lowest BCUT2D eigenvalue weighted by molar-refractivity contribution is -0.134. The standard InChI is InChI=1S/C6H9FN2O3/c1-2-12-5-3(7)4(10)8-6(11)9-5/h3,5H,2H2,1H3,(H2,8,9,10,11)/t3-,5-/m1/s1. The van der Waals surface area contributed by atoms with E-state index in [0.29, 0.717) is 0 Å². The first kappa shape index (κ1) is 8.92. The second kappa shape index (κ2) is 3.48. The monoisotopic (exact) mass is 176 g/mol. The third kappa shape index (κ3) is 1.70. The van der Waals surface area contributed by atoms with Crippen molar-refractivity contribution in [3.63, 3.8) is 0 Å². The Kier molecular flexibility index (Phi) is 2.59. The van der Waals surface area contributed by atoms with Crippen LogP contribution in [-0.2, 0) is 9.53 Å². The smallest absolute Gasteiger partial charge is 0.323 e. The Morgan fingerprint density at radius 2 is 2.25 bits per heavy atom. The summed E-state index contributed by atoms with van der Waals surface area (Å²) in [5, 5.41) is 3.90. The number of carbonyl (C=O) groups is 2. The molecule has 0 aliphatic carbocycles. The van der Waals surface area contributed by atoms with Crippen LogP contribution in [0, 0.1) is 0 Å². The van der Waals surface area contributed by atoms with Crippen LogP contribution in [0.25, 0.3) is 0 Å². The van der Waals surface area contributed by atoms with Gasteiger partial charge in [0.05, 0.1) is 0 Å². The van der Waals surface area contributed by atoms with Crippen molar-refractivity contribution >= 4 is 11.9 Å². The van der Waals surface area contributed by atoms with Crippen molar-refractivity contribution in [2.24, 2.45) is 0 Å². The van der Waals surface area contributed by atoms with E-state index in [4.69, 9.17) is 4.74 Å². The first-order chi connectivity index (χ1) is 5.65. The number of halogens is 1. The van der Waals surface area contributed by atoms with Crippen molar-refractivity contribution in [1.82, 2.24) is 10.6 Å². The zero-order chi connectivity index (χ0) is 9.14. The number of imide groups is 1. The molecule has 68 valence electrons. The highest BCUT2D eigenvalue weighted by Crippen LogP contribution is 2.05. The van der Waals surface area contributed by atoms with E-state index in [9.17, 15) is 14.0 Å². The summed E-state index contributed by atoms with van der Waals surface area (Å²) in [6, 6.07) is -0.729. The van der Waals surface area contributed by atoms with Gasteiger partial charge in [0.25, 0.3) is 5.91 Å². The van der Waals surface area contributed by atoms with Crippen LogP contribution in [0.15, 0.2) is 0 Å². The first-order valence-electron chi connectivity index (χ1n) is 3.52. The van der Waals surface area contributed by atoms with E-state index in [1.165, 1.54) is 0 Å². The molecule has 0 spiro atoms. The highest BCUT2D eigenvalue weighted by atomic mass is 19.1. The van der Waals surface area contributed by atoms with Gasteiger partial charge in [0.15, 0.2) is 6.23 Å². The van der Waals surface area contributed by atoms with Crippen LogP contribution < -0.4 is 10.6 Å². The van der Waals surface area contributed by atoms with E-state index in [1.807, 2.05) is 0 Å². The predicted molar refractivity (Wildman–Crippen MR) is 37.0 cm³/mol. The van der Waals surface area contributed by atoms with E-state index >= 15 is 0 Å². The summed E-state index contributed by atoms with van der Waals surface area (Å²) in [6.45, 7) is 1.88. The number of ether oxygens (including phenoxy) is 1. The fraction of sp³-hybridized carbons (Fsp3) is 0.667. The van der Waals surface area contributed by atoms with Crippen LogP contribution >= 0.6 is 0 Å². The van der Waals surface area contributed by atoms with Gasteiger partial charge in [-0.1, -0.05) is 0 Å². The number of urea groups is 1. The number of carbonyl (C=O) groups excluding carboxylic acids is 2. The molecule has 1 aliphatic rings. The number of hydrogen-bond donors (Lipinski definition) is 2. The van der Waals surface area contributed by atoms with Crippen molar-refractivity contribution in [1.29, 1.82) is 0 Å². The Morgan fingerprint density at radius 1 is 1.58 bits per heavy atom. The summed E-state index contributed by atoms with van der Waals surface area (Å²) < 4.78 is 17.6. The molecule has 0 aromatic heterocycles. The second-order valence-electron chi connectivity index (χ2n) is 2.24. The molecule has 0 unspecified atom stereocenters. The summed E-state index contributed by atoms with van der Waals surface area (Å²) in [5.74, 6) is -0.961. The fourth-order valence-electron chi connectivity index (χ4n) is 0.862. The highest BCUT2D eigenvalue weighted by Gasteiger charge is 2.35. The zero-order valence-electron chi connectivity index (χ0n) is 6.46. The van der Waals surface area contributed by atoms with E-state index in [1.54, 1.807) is 12.2 Å². The van der Waals surface area contributed by atoms with Crippen LogP contribution in [0.3, 0.4) is 0 Å². The van der Waals surface area contributed by atoms with Gasteiger partial charge >= 0.3 is 6.03 Å². The minimum Gasteiger partial charge on any atom is -0.355 e. The minimum absolute atomic E-state index is 0.235. The first-order valence-corrected chi connectivity index (χ1v) is 3.52. The van der Waals surface area contributed by atoms with E-state index < -0.39 is 24.3 Å². The molecule has 6 heteroatoms. The van der Waals surface area contributed by atoms with Gasteiger partial charge in [-0.2, -0.15) is 0 Å². The van der Waals surface area contributed by atoms with Gasteiger partial charge < -0.3 is 10.1 Å². The Morgan fingerprint density at radius 3 is 2.83 bits per heavy atom. The van der Waals surface area contributed by atoms with Gasteiger partial charge in [0.1, 0.15) is 0 Å². The topological polar surface area (TPSA) is 67.4 Å². The van der Waals surface area contributed by atoms with E-state index in [2.05, 4.69) is 5.32 Å². The molecule has 1 rings (SSSR count). The lowest BCUT2D eigenvalue weighted by Gasteiger charge is -2.25. The largest absolute Gasteiger partial charge is 0.355 e. The average molecular weight is 176 g/mol. The lowest BCUT2D eigenvalue weighted by atomic mass is 10.3. The van der Waals surface area contributed by atoms with Crippen LogP contribution in [-0.4, -0.2) is 30.9 Å². The normalized spacial score (nSPS) is 29.5. The molecular formula is C6H9FN2O3. The maximum Gasteiger partial charge on any atom is 0.323 e. The molecule has 2 N–H and O–H groups in total. The molecule has 0 radical (unpaired) electrons. The van der Waals surface area contributed by atoms with Gasteiger partial charge in [0.2, 0.25) is 6.17 Å². The summed E-state index contributed by atoms with van der Waals surface area (Å²) in [7, 11) is 0. The second-order valence-corrected chi connectivity index (χ2v) is 2.24. The predicted octanol–water partition coefficient (Wildman–Crippen LogP) is -0.474. The molecule has 1 aliphatic heterocycles. The fourth-order valence-corrected chi connectivity index (χ4v) is 0.862. The van der Waals surface area contributed by atoms with Crippen molar-refractivity contribution in [3.8, 4) is 0 Å². The quantitative estimate of drug-likeness (QED) is 0.597. The van der Waals surface area contributed by atoms with Gasteiger partial charge in [-0.3, -0.25) is 10.1 Å². The molecule has 1 heterocycles. The van der Waals surface area contributed by atoms with Crippen molar-refractivity contribution in [3.05, 3.63) is 0 Å². The number of hydrogen-bond acceptors (Lipinski definition) is 3. The van der Waals surface area contributed by atoms with Crippen LogP contribution in [0.1, 0.15) is 6.92 Å². The molecule has 5 nitrogen and oxygen atoms in total. The van der Waals surface area contributed by atoms with E-state index in [-0.39, 0.29) is 6.61 Å². The number of rotatable bonds is 2. The summed E-state index contributed by atoms with van der Waals surface area (Å²) in [4.78, 5) is 21.3. The Bertz CT molecular complexity index is 209. The molecular weight excluding hydrogens is 167 g/mol. The van der Waals surface area contributed by atoms with Crippen LogP contribution in [0.4, 0.5) is 9.18 Å². The molecule has 0 bridgehead atoms. The third-order valence-corrected chi connectivity index (χ3v) is 1.37. The van der Waals surface area contributed by atoms with Crippen molar-refractivity contribution in [2.45, 2.75) is 19.3 Å². The zero-order valence-corrected chi connectivity index (χ0v) is 6.46. The molecule has 1 saturated heterocycles. The maximum atomic E-state index is 12.9. The number of amides is 3. The van der Waals surface area contributed by atoms with Gasteiger partial charge in [-0.05, 0) is 6.92 Å². The number of nitrogens with one attached hydrogen (secondary N) is 2. The van der Waals surface area contributed by atoms with Gasteiger partial charge in [0, 0.05) is 6.61 Å².